The van der Waals surface area contributed by atoms with Gasteiger partial charge in [-0.25, -0.2) is 0 Å². The first-order valence-corrected chi connectivity index (χ1v) is 22.9. The maximum Gasteiger partial charge on any atom is 4.00 e. The molecule has 0 bridgehead atoms. The van der Waals surface area contributed by atoms with Crippen LogP contribution in [0.4, 0.5) is 0 Å². The molecule has 5 heteroatoms. The molecule has 0 aliphatic heterocycles. The van der Waals surface area contributed by atoms with E-state index in [0.29, 0.717) is 24.6 Å². The Morgan fingerprint density at radius 2 is 0.662 bits per heavy atom. The molecular formula is C60H78N2O2Zr+2. The smallest absolute Gasteiger partial charge is 0.507 e. The van der Waals surface area contributed by atoms with Crippen molar-refractivity contribution in [2.45, 2.75) is 131 Å². The molecule has 342 valence electrons. The fraction of sp³-hybridized carbons (Fsp3) is 0.367. The average Bonchev–Trinajstić information content (AvgIpc) is 3.21. The molecule has 6 aromatic carbocycles. The molecule has 0 aliphatic rings. The molecule has 0 aromatic heterocycles. The quantitative estimate of drug-likeness (QED) is 0.127. The van der Waals surface area contributed by atoms with Crippen LogP contribution >= 0.6 is 0 Å². The number of nitrogens with zero attached hydrogens (tertiary/aromatic N) is 2. The van der Waals surface area contributed by atoms with Gasteiger partial charge in [-0.1, -0.05) is 180 Å². The van der Waals surface area contributed by atoms with Crippen molar-refractivity contribution < 1.29 is 36.4 Å². The minimum atomic E-state index is -0.188. The van der Waals surface area contributed by atoms with E-state index < -0.39 is 0 Å². The van der Waals surface area contributed by atoms with Gasteiger partial charge < -0.3 is 10.2 Å². The fourth-order valence-corrected chi connectivity index (χ4v) is 7.47. The van der Waals surface area contributed by atoms with Crippen molar-refractivity contribution in [1.82, 2.24) is 9.80 Å². The van der Waals surface area contributed by atoms with Crippen molar-refractivity contribution in [3.8, 4) is 11.5 Å². The van der Waals surface area contributed by atoms with Gasteiger partial charge in [0.25, 0.3) is 0 Å². The van der Waals surface area contributed by atoms with Crippen LogP contribution in [0.3, 0.4) is 0 Å². The Bertz CT molecular complexity index is 2130. The van der Waals surface area contributed by atoms with Crippen LogP contribution in [-0.4, -0.2) is 33.1 Å². The van der Waals surface area contributed by atoms with E-state index in [1.54, 1.807) is 0 Å². The molecule has 4 nitrogen and oxygen atoms in total. The minimum Gasteiger partial charge on any atom is -0.507 e. The Morgan fingerprint density at radius 3 is 0.892 bits per heavy atom. The predicted octanol–water partition coefficient (Wildman–Crippen LogP) is 14.7. The van der Waals surface area contributed by atoms with E-state index in [2.05, 4.69) is 192 Å². The first kappa shape index (κ1) is 54.8. The van der Waals surface area contributed by atoms with E-state index in [0.717, 1.165) is 59.6 Å². The van der Waals surface area contributed by atoms with Gasteiger partial charge in [-0.3, -0.25) is 9.80 Å². The van der Waals surface area contributed by atoms with Crippen LogP contribution in [-0.2, 0) is 74.0 Å². The summed E-state index contributed by atoms with van der Waals surface area (Å²) < 4.78 is 0. The van der Waals surface area contributed by atoms with Crippen molar-refractivity contribution in [3.05, 3.63) is 215 Å². The van der Waals surface area contributed by atoms with E-state index >= 15 is 0 Å². The van der Waals surface area contributed by atoms with Gasteiger partial charge in [0.15, 0.2) is 0 Å². The molecule has 0 atom stereocenters. The first-order valence-electron chi connectivity index (χ1n) is 22.9. The maximum atomic E-state index is 11.7. The Morgan fingerprint density at radius 1 is 0.385 bits per heavy atom. The molecule has 6 rings (SSSR count). The molecule has 0 saturated heterocycles. The molecule has 0 radical (unpaired) electrons. The summed E-state index contributed by atoms with van der Waals surface area (Å²) in [6.45, 7) is 38.3. The summed E-state index contributed by atoms with van der Waals surface area (Å²) in [6.07, 6.45) is 0. The van der Waals surface area contributed by atoms with Gasteiger partial charge in [0.05, 0.1) is 0 Å². The summed E-state index contributed by atoms with van der Waals surface area (Å²) in [5.41, 5.74) is 10.6. The second-order valence-corrected chi connectivity index (χ2v) is 21.4. The predicted molar refractivity (Wildman–Crippen MR) is 274 cm³/mol. The van der Waals surface area contributed by atoms with E-state index in [-0.39, 0.29) is 47.9 Å². The summed E-state index contributed by atoms with van der Waals surface area (Å²) >= 11 is 0. The van der Waals surface area contributed by atoms with Gasteiger partial charge >= 0.3 is 26.2 Å². The second kappa shape index (κ2) is 24.3. The third-order valence-corrected chi connectivity index (χ3v) is 11.4. The summed E-state index contributed by atoms with van der Waals surface area (Å²) in [7, 11) is 0. The first-order chi connectivity index (χ1) is 29.9. The number of hydrogen-bond donors (Lipinski definition) is 2. The Kier molecular flexibility index (Phi) is 20.5. The largest absolute Gasteiger partial charge is 4.00 e. The molecule has 0 aliphatic carbocycles. The fourth-order valence-electron chi connectivity index (χ4n) is 7.47. The Balaban J connectivity index is 0.000000632. The van der Waals surface area contributed by atoms with Gasteiger partial charge in [0.1, 0.15) is 11.5 Å². The summed E-state index contributed by atoms with van der Waals surface area (Å²) in [5, 5.41) is 23.5. The van der Waals surface area contributed by atoms with Gasteiger partial charge in [-0.05, 0) is 55.0 Å². The number of aromatic hydroxyl groups is 2. The van der Waals surface area contributed by atoms with Crippen molar-refractivity contribution in [2.75, 3.05) is 13.1 Å². The van der Waals surface area contributed by atoms with Gasteiger partial charge in [0.2, 0.25) is 0 Å². The molecule has 0 unspecified atom stereocenters. The standard InChI is InChI=1S/C46H64N2O2.2C7H7.Zr/c1-43(2,3)37-25-35(41(49)39(27-37)45(7,8)9)31-47(29-33-19-15-13-16-20-33)23-24-48(30-34-21-17-14-18-22-34)32-36-26-38(44(4,5)6)28-40(42(36)50)46(10,11)12;2*1-7-5-3-2-4-6-7;/h13-22,25-28,49-50H,23-24,29-32H2,1-12H3;2*2-6H,1H2;/q;2*-1;+4. The molecule has 0 spiro atoms. The summed E-state index contributed by atoms with van der Waals surface area (Å²) in [5.74, 6) is 0.812. The molecule has 0 heterocycles. The molecule has 0 fully saturated rings. The van der Waals surface area contributed by atoms with Crippen LogP contribution in [0, 0.1) is 13.8 Å². The van der Waals surface area contributed by atoms with Crippen molar-refractivity contribution in [1.29, 1.82) is 0 Å². The van der Waals surface area contributed by atoms with Gasteiger partial charge in [-0.15, -0.1) is 24.3 Å². The van der Waals surface area contributed by atoms with E-state index in [1.807, 2.05) is 60.7 Å². The van der Waals surface area contributed by atoms with E-state index in [4.69, 9.17) is 0 Å². The summed E-state index contributed by atoms with van der Waals surface area (Å²) in [6, 6.07) is 49.8. The third-order valence-electron chi connectivity index (χ3n) is 11.4. The topological polar surface area (TPSA) is 46.9 Å². The maximum absolute atomic E-state index is 11.7. The van der Waals surface area contributed by atoms with Crippen LogP contribution in [0.15, 0.2) is 146 Å². The Hall–Kier alpha value is -4.54. The van der Waals surface area contributed by atoms with Crippen LogP contribution in [0.25, 0.3) is 0 Å². The zero-order valence-corrected chi connectivity index (χ0v) is 44.3. The minimum absolute atomic E-state index is 0. The van der Waals surface area contributed by atoms with Crippen molar-refractivity contribution >= 4 is 0 Å². The van der Waals surface area contributed by atoms with Crippen LogP contribution < -0.4 is 0 Å². The molecule has 2 N–H and O–H groups in total. The second-order valence-electron chi connectivity index (χ2n) is 21.4. The SMILES string of the molecule is CC(C)(C)c1cc(CN(CCN(Cc2ccccc2)Cc2cc(C(C)(C)C)cc(C(C)(C)C)c2O)Cc2ccccc2)c(O)c(C(C)(C)C)c1.[CH2-]c1ccccc1.[CH2-]c1ccccc1.[Zr+4]. The monoisotopic (exact) mass is 949 g/mol. The van der Waals surface area contributed by atoms with Crippen molar-refractivity contribution in [2.24, 2.45) is 0 Å². The van der Waals surface area contributed by atoms with Crippen LogP contribution in [0.2, 0.25) is 0 Å². The van der Waals surface area contributed by atoms with E-state index in [1.165, 1.54) is 22.3 Å². The number of rotatable bonds is 11. The van der Waals surface area contributed by atoms with E-state index in [9.17, 15) is 10.2 Å². The number of benzene rings is 6. The number of phenolic OH excluding ortho intramolecular Hbond substituents is 2. The molecule has 6 aromatic rings. The molecular weight excluding hydrogens is 872 g/mol. The third kappa shape index (κ3) is 18.0. The molecule has 0 amide bonds. The average molecular weight is 951 g/mol. The molecule has 0 saturated carbocycles. The number of phenols is 2. The van der Waals surface area contributed by atoms with Crippen molar-refractivity contribution in [3.63, 3.8) is 0 Å². The Labute approximate surface area is 414 Å². The van der Waals surface area contributed by atoms with Crippen LogP contribution in [0.5, 0.6) is 11.5 Å². The normalized spacial score (nSPS) is 11.8. The zero-order chi connectivity index (χ0) is 47.3. The van der Waals surface area contributed by atoms with Gasteiger partial charge in [0, 0.05) is 50.4 Å². The molecule has 65 heavy (non-hydrogen) atoms. The summed E-state index contributed by atoms with van der Waals surface area (Å²) in [4.78, 5) is 4.93. The number of hydrogen-bond acceptors (Lipinski definition) is 4. The van der Waals surface area contributed by atoms with Gasteiger partial charge in [-0.2, -0.15) is 49.2 Å². The van der Waals surface area contributed by atoms with Crippen LogP contribution in [0.1, 0.15) is 139 Å². The zero-order valence-electron chi connectivity index (χ0n) is 41.8.